The first-order valence-corrected chi connectivity index (χ1v) is 8.60. The monoisotopic (exact) mass is 340 g/mol. The van der Waals surface area contributed by atoms with Gasteiger partial charge in [-0.25, -0.2) is 0 Å². The molecule has 0 atom stereocenters. The van der Waals surface area contributed by atoms with Gasteiger partial charge in [0.25, 0.3) is 5.91 Å². The third-order valence-electron chi connectivity index (χ3n) is 4.73. The van der Waals surface area contributed by atoms with Crippen LogP contribution in [0, 0.1) is 18.3 Å². The number of carbonyl (C=O) groups excluding carboxylic acids is 1. The lowest BCUT2D eigenvalue weighted by Crippen LogP contribution is -2.61. The predicted octanol–water partition coefficient (Wildman–Crippen LogP) is 3.32. The minimum atomic E-state index is -0.394. The molecule has 25 heavy (non-hydrogen) atoms. The number of nitrogens with zero attached hydrogens (tertiary/aromatic N) is 2. The zero-order valence-electron chi connectivity index (χ0n) is 15.8. The van der Waals surface area contributed by atoms with Crippen molar-refractivity contribution in [2.45, 2.75) is 64.6 Å². The fourth-order valence-corrected chi connectivity index (χ4v) is 3.91. The maximum absolute atomic E-state index is 12.6. The Bertz CT molecular complexity index is 709. The van der Waals surface area contributed by atoms with Gasteiger partial charge in [0.2, 0.25) is 0 Å². The summed E-state index contributed by atoms with van der Waals surface area (Å²) in [5.74, 6) is -0.394. The topological polar surface area (TPSA) is 82.2 Å². The summed E-state index contributed by atoms with van der Waals surface area (Å²) >= 11 is 0. The highest BCUT2D eigenvalue weighted by atomic mass is 16.1. The summed E-state index contributed by atoms with van der Waals surface area (Å²) in [6, 6.07) is 9.68. The summed E-state index contributed by atoms with van der Waals surface area (Å²) in [7, 11) is 0. The van der Waals surface area contributed by atoms with Crippen LogP contribution >= 0.6 is 0 Å². The van der Waals surface area contributed by atoms with Crippen molar-refractivity contribution >= 4 is 11.6 Å². The molecule has 1 aliphatic rings. The second-order valence-electron chi connectivity index (χ2n) is 8.14. The normalized spacial score (nSPS) is 20.0. The fraction of sp³-hybridized carbons (Fsp3) is 0.500. The van der Waals surface area contributed by atoms with Gasteiger partial charge in [-0.15, -0.1) is 0 Å². The predicted molar refractivity (Wildman–Crippen MR) is 101 cm³/mol. The number of anilines is 1. The third-order valence-corrected chi connectivity index (χ3v) is 4.73. The van der Waals surface area contributed by atoms with E-state index >= 15 is 0 Å². The smallest absolute Gasteiger partial charge is 0.267 e. The van der Waals surface area contributed by atoms with Crippen LogP contribution in [0.15, 0.2) is 36.0 Å². The zero-order valence-corrected chi connectivity index (χ0v) is 15.8. The van der Waals surface area contributed by atoms with Crippen LogP contribution in [0.5, 0.6) is 0 Å². The molecule has 5 nitrogen and oxygen atoms in total. The van der Waals surface area contributed by atoms with E-state index in [1.165, 1.54) is 0 Å². The number of piperidine rings is 1. The molecule has 0 unspecified atom stereocenters. The largest absolute Gasteiger partial charge is 0.366 e. The van der Waals surface area contributed by atoms with Crippen molar-refractivity contribution in [2.24, 2.45) is 5.73 Å². The fourth-order valence-electron chi connectivity index (χ4n) is 3.91. The van der Waals surface area contributed by atoms with Gasteiger partial charge < -0.3 is 16.0 Å². The van der Waals surface area contributed by atoms with Crippen LogP contribution in [0.2, 0.25) is 0 Å². The molecule has 5 heteroatoms. The van der Waals surface area contributed by atoms with E-state index in [0.717, 1.165) is 18.4 Å². The lowest BCUT2D eigenvalue weighted by Gasteiger charge is -2.54. The summed E-state index contributed by atoms with van der Waals surface area (Å²) in [6.45, 7) is 10.3. The Balaban J connectivity index is 2.29. The van der Waals surface area contributed by atoms with Gasteiger partial charge >= 0.3 is 0 Å². The molecule has 1 aromatic rings. The Labute approximate surface area is 150 Å². The van der Waals surface area contributed by atoms with Crippen LogP contribution in [0.25, 0.3) is 0 Å². The van der Waals surface area contributed by atoms with Crippen molar-refractivity contribution in [3.63, 3.8) is 0 Å². The lowest BCUT2D eigenvalue weighted by molar-refractivity contribution is -0.112. The molecule has 0 bridgehead atoms. The molecular weight excluding hydrogens is 312 g/mol. The Morgan fingerprint density at radius 2 is 1.92 bits per heavy atom. The summed E-state index contributed by atoms with van der Waals surface area (Å²) in [6.07, 6.45) is 3.31. The van der Waals surface area contributed by atoms with Gasteiger partial charge in [-0.2, -0.15) is 5.26 Å². The van der Waals surface area contributed by atoms with Crippen LogP contribution in [0.4, 0.5) is 5.69 Å². The van der Waals surface area contributed by atoms with E-state index in [2.05, 4.69) is 37.9 Å². The van der Waals surface area contributed by atoms with Gasteiger partial charge in [-0.05, 0) is 65.2 Å². The third kappa shape index (κ3) is 4.40. The number of rotatable bonds is 3. The summed E-state index contributed by atoms with van der Waals surface area (Å²) in [5.41, 5.74) is 7.57. The first-order chi connectivity index (χ1) is 11.5. The van der Waals surface area contributed by atoms with Crippen LogP contribution in [0.3, 0.4) is 0 Å². The Morgan fingerprint density at radius 1 is 1.32 bits per heavy atom. The molecule has 0 radical (unpaired) electrons. The van der Waals surface area contributed by atoms with E-state index in [-0.39, 0.29) is 22.7 Å². The van der Waals surface area contributed by atoms with Gasteiger partial charge in [0.15, 0.2) is 0 Å². The molecule has 1 aliphatic heterocycles. The molecule has 2 rings (SSSR count). The number of benzene rings is 1. The molecule has 0 spiro atoms. The number of nitrogens with one attached hydrogen (secondary N) is 1. The van der Waals surface area contributed by atoms with Crippen LogP contribution in [0.1, 0.15) is 46.1 Å². The highest BCUT2D eigenvalue weighted by molar-refractivity contribution is 6.06. The summed E-state index contributed by atoms with van der Waals surface area (Å²) in [5, 5.41) is 12.3. The second-order valence-corrected chi connectivity index (χ2v) is 8.14. The molecule has 0 aromatic heterocycles. The molecule has 1 heterocycles. The molecular formula is C20H28N4O. The van der Waals surface area contributed by atoms with Crippen molar-refractivity contribution in [1.29, 1.82) is 5.26 Å². The standard InChI is InChI=1S/C20H28N4O/c1-14-7-6-8-17(9-14)23-18(25)15(12-21)13-24-19(2,3)10-16(22)11-20(24,4)5/h6-9,13,16H,10-11,22H2,1-5H3,(H,23,25)/b15-13-. The average molecular weight is 340 g/mol. The molecule has 1 aromatic carbocycles. The first kappa shape index (κ1) is 19.0. The number of carbonyl (C=O) groups is 1. The van der Waals surface area contributed by atoms with E-state index in [1.807, 2.05) is 37.3 Å². The maximum Gasteiger partial charge on any atom is 0.267 e. The van der Waals surface area contributed by atoms with Crippen molar-refractivity contribution in [3.8, 4) is 6.07 Å². The quantitative estimate of drug-likeness (QED) is 0.653. The molecule has 1 fully saturated rings. The van der Waals surface area contributed by atoms with E-state index in [1.54, 1.807) is 6.20 Å². The van der Waals surface area contributed by atoms with Crippen LogP contribution < -0.4 is 11.1 Å². The Hall–Kier alpha value is -2.32. The van der Waals surface area contributed by atoms with Crippen molar-refractivity contribution in [3.05, 3.63) is 41.6 Å². The SMILES string of the molecule is Cc1cccc(NC(=O)/C(C#N)=C\N2C(C)(C)CC(N)CC2(C)C)c1. The number of likely N-dealkylation sites (tertiary alicyclic amines) is 1. The number of hydrogen-bond donors (Lipinski definition) is 2. The van der Waals surface area contributed by atoms with Gasteiger partial charge in [-0.1, -0.05) is 12.1 Å². The van der Waals surface area contributed by atoms with Gasteiger partial charge in [-0.3, -0.25) is 4.79 Å². The molecule has 0 aliphatic carbocycles. The summed E-state index contributed by atoms with van der Waals surface area (Å²) in [4.78, 5) is 14.7. The maximum atomic E-state index is 12.6. The number of amides is 1. The van der Waals surface area contributed by atoms with Crippen LogP contribution in [-0.2, 0) is 4.79 Å². The van der Waals surface area contributed by atoms with Gasteiger partial charge in [0.05, 0.1) is 0 Å². The van der Waals surface area contributed by atoms with Crippen molar-refractivity contribution < 1.29 is 4.79 Å². The second kappa shape index (κ2) is 6.89. The highest BCUT2D eigenvalue weighted by Gasteiger charge is 2.43. The van der Waals surface area contributed by atoms with Crippen LogP contribution in [-0.4, -0.2) is 27.9 Å². The zero-order chi connectivity index (χ0) is 18.8. The van der Waals surface area contributed by atoms with E-state index < -0.39 is 5.91 Å². The average Bonchev–Trinajstić information content (AvgIpc) is 2.44. The number of nitriles is 1. The summed E-state index contributed by atoms with van der Waals surface area (Å²) < 4.78 is 0. The Morgan fingerprint density at radius 3 is 2.44 bits per heavy atom. The van der Waals surface area contributed by atoms with Crippen molar-refractivity contribution in [2.75, 3.05) is 5.32 Å². The van der Waals surface area contributed by atoms with E-state index in [9.17, 15) is 10.1 Å². The first-order valence-electron chi connectivity index (χ1n) is 8.60. The number of hydrogen-bond acceptors (Lipinski definition) is 4. The van der Waals surface area contributed by atoms with Gasteiger partial charge in [0.1, 0.15) is 11.6 Å². The molecule has 1 saturated heterocycles. The lowest BCUT2D eigenvalue weighted by atomic mass is 9.77. The van der Waals surface area contributed by atoms with Crippen molar-refractivity contribution in [1.82, 2.24) is 4.90 Å². The molecule has 1 amide bonds. The van der Waals surface area contributed by atoms with Gasteiger partial charge in [0, 0.05) is 29.0 Å². The highest BCUT2D eigenvalue weighted by Crippen LogP contribution is 2.38. The Kier molecular flexibility index (Phi) is 5.24. The van der Waals surface area contributed by atoms with E-state index in [0.29, 0.717) is 5.69 Å². The number of nitrogens with two attached hydrogens (primary N) is 1. The number of aryl methyl sites for hydroxylation is 1. The minimum absolute atomic E-state index is 0.0955. The minimum Gasteiger partial charge on any atom is -0.366 e. The molecule has 134 valence electrons. The molecule has 0 saturated carbocycles. The molecule has 3 N–H and O–H groups in total. The van der Waals surface area contributed by atoms with E-state index in [4.69, 9.17) is 5.73 Å².